The summed E-state index contributed by atoms with van der Waals surface area (Å²) in [5.74, 6) is 0.168. The van der Waals surface area contributed by atoms with Crippen LogP contribution in [0.4, 0.5) is 0 Å². The molecule has 15 heavy (non-hydrogen) atoms. The van der Waals surface area contributed by atoms with Crippen LogP contribution in [-0.4, -0.2) is 61.3 Å². The molecule has 0 aliphatic carbocycles. The van der Waals surface area contributed by atoms with E-state index in [2.05, 4.69) is 10.1 Å². The van der Waals surface area contributed by atoms with Crippen molar-refractivity contribution in [2.24, 2.45) is 5.16 Å². The Morgan fingerprint density at radius 1 is 1.40 bits per heavy atom. The number of carbonyl (C=O) groups excluding carboxylic acids is 1. The molecule has 0 bridgehead atoms. The molecule has 1 aliphatic heterocycles. The molecule has 0 saturated carbocycles. The molecule has 5 nitrogen and oxygen atoms in total. The highest BCUT2D eigenvalue weighted by molar-refractivity contribution is 5.73. The Hall–Kier alpha value is -1.10. The zero-order valence-corrected chi connectivity index (χ0v) is 9.48. The summed E-state index contributed by atoms with van der Waals surface area (Å²) in [6.07, 6.45) is 1.63. The van der Waals surface area contributed by atoms with Crippen molar-refractivity contribution in [1.82, 2.24) is 9.80 Å². The summed E-state index contributed by atoms with van der Waals surface area (Å²) in [5.41, 5.74) is 0. The van der Waals surface area contributed by atoms with Gasteiger partial charge in [-0.1, -0.05) is 5.16 Å². The number of amides is 1. The minimum absolute atomic E-state index is 0.168. The van der Waals surface area contributed by atoms with Gasteiger partial charge in [0.15, 0.2) is 0 Å². The molecule has 0 atom stereocenters. The fourth-order valence-electron chi connectivity index (χ4n) is 1.58. The van der Waals surface area contributed by atoms with Gasteiger partial charge >= 0.3 is 0 Å². The summed E-state index contributed by atoms with van der Waals surface area (Å²) in [6.45, 7) is 8.45. The molecule has 1 aliphatic rings. The van der Waals surface area contributed by atoms with Crippen LogP contribution in [0.2, 0.25) is 0 Å². The number of hydrogen-bond donors (Lipinski definition) is 0. The van der Waals surface area contributed by atoms with E-state index in [1.165, 1.54) is 0 Å². The van der Waals surface area contributed by atoms with Crippen LogP contribution >= 0.6 is 0 Å². The second-order valence-electron chi connectivity index (χ2n) is 3.54. The van der Waals surface area contributed by atoms with Gasteiger partial charge in [-0.25, -0.2) is 0 Å². The van der Waals surface area contributed by atoms with Gasteiger partial charge in [0.05, 0.1) is 0 Å². The average molecular weight is 213 g/mol. The third kappa shape index (κ3) is 4.29. The van der Waals surface area contributed by atoms with Crippen LogP contribution in [0.3, 0.4) is 0 Å². The van der Waals surface area contributed by atoms with Crippen molar-refractivity contribution in [2.45, 2.75) is 13.8 Å². The minimum atomic E-state index is 0.168. The van der Waals surface area contributed by atoms with Crippen molar-refractivity contribution in [3.8, 4) is 0 Å². The first-order chi connectivity index (χ1) is 7.24. The van der Waals surface area contributed by atoms with Crippen molar-refractivity contribution in [2.75, 3.05) is 39.3 Å². The molecule has 0 unspecified atom stereocenters. The third-order valence-corrected chi connectivity index (χ3v) is 2.50. The smallest absolute Gasteiger partial charge is 0.219 e. The molecule has 5 heteroatoms. The normalized spacial score (nSPS) is 18.4. The van der Waals surface area contributed by atoms with Crippen LogP contribution in [0.5, 0.6) is 0 Å². The van der Waals surface area contributed by atoms with Crippen LogP contribution < -0.4 is 0 Å². The topological polar surface area (TPSA) is 45.1 Å². The van der Waals surface area contributed by atoms with Crippen molar-refractivity contribution < 1.29 is 9.63 Å². The van der Waals surface area contributed by atoms with E-state index >= 15 is 0 Å². The van der Waals surface area contributed by atoms with Gasteiger partial charge in [-0.3, -0.25) is 9.69 Å². The van der Waals surface area contributed by atoms with Crippen LogP contribution in [0.15, 0.2) is 5.16 Å². The Balaban J connectivity index is 2.12. The van der Waals surface area contributed by atoms with Crippen LogP contribution in [0.1, 0.15) is 13.8 Å². The first-order valence-corrected chi connectivity index (χ1v) is 5.32. The number of carbonyl (C=O) groups is 1. The monoisotopic (exact) mass is 213 g/mol. The maximum atomic E-state index is 11.1. The Labute approximate surface area is 90.7 Å². The standard InChI is InChI=1S/C10H19N3O2/c1-3-11-15-9-8-12-4-6-13(7-5-12)10(2)14/h3H,4-9H2,1-2H3/b11-3+. The largest absolute Gasteiger partial charge is 0.395 e. The van der Waals surface area contributed by atoms with Gasteiger partial charge < -0.3 is 9.74 Å². The lowest BCUT2D eigenvalue weighted by Crippen LogP contribution is -2.48. The second-order valence-corrected chi connectivity index (χ2v) is 3.54. The highest BCUT2D eigenvalue weighted by Gasteiger charge is 2.17. The summed E-state index contributed by atoms with van der Waals surface area (Å²) in [6, 6.07) is 0. The first-order valence-electron chi connectivity index (χ1n) is 5.32. The van der Waals surface area contributed by atoms with Gasteiger partial charge in [-0.05, 0) is 6.92 Å². The number of piperazine rings is 1. The predicted molar refractivity (Wildman–Crippen MR) is 58.8 cm³/mol. The summed E-state index contributed by atoms with van der Waals surface area (Å²) >= 11 is 0. The molecular weight excluding hydrogens is 194 g/mol. The maximum Gasteiger partial charge on any atom is 0.219 e. The molecule has 0 N–H and O–H groups in total. The minimum Gasteiger partial charge on any atom is -0.395 e. The fraction of sp³-hybridized carbons (Fsp3) is 0.800. The lowest BCUT2D eigenvalue weighted by Gasteiger charge is -2.33. The van der Waals surface area contributed by atoms with Crippen molar-refractivity contribution >= 4 is 12.1 Å². The molecule has 1 rings (SSSR count). The van der Waals surface area contributed by atoms with E-state index in [0.29, 0.717) is 6.61 Å². The Morgan fingerprint density at radius 3 is 2.60 bits per heavy atom. The molecule has 0 aromatic rings. The van der Waals surface area contributed by atoms with Crippen molar-refractivity contribution in [1.29, 1.82) is 0 Å². The molecule has 1 heterocycles. The fourth-order valence-corrected chi connectivity index (χ4v) is 1.58. The third-order valence-electron chi connectivity index (χ3n) is 2.50. The van der Waals surface area contributed by atoms with Crippen LogP contribution in [0.25, 0.3) is 0 Å². The number of rotatable bonds is 4. The second kappa shape index (κ2) is 6.40. The van der Waals surface area contributed by atoms with E-state index in [4.69, 9.17) is 4.84 Å². The van der Waals surface area contributed by atoms with Crippen LogP contribution in [-0.2, 0) is 9.63 Å². The Bertz CT molecular complexity index is 223. The van der Waals surface area contributed by atoms with Gasteiger partial charge in [0.2, 0.25) is 5.91 Å². The number of hydrogen-bond acceptors (Lipinski definition) is 4. The highest BCUT2D eigenvalue weighted by Crippen LogP contribution is 2.01. The van der Waals surface area contributed by atoms with E-state index in [0.717, 1.165) is 32.7 Å². The van der Waals surface area contributed by atoms with Crippen LogP contribution in [0, 0.1) is 0 Å². The summed E-state index contributed by atoms with van der Waals surface area (Å²) < 4.78 is 0. The Kier molecular flexibility index (Phi) is 5.10. The summed E-state index contributed by atoms with van der Waals surface area (Å²) in [5, 5.41) is 3.68. The molecule has 1 amide bonds. The molecule has 0 spiro atoms. The summed E-state index contributed by atoms with van der Waals surface area (Å²) in [4.78, 5) is 20.2. The van der Waals surface area contributed by atoms with E-state index in [1.54, 1.807) is 13.1 Å². The Morgan fingerprint density at radius 2 is 2.07 bits per heavy atom. The van der Waals surface area contributed by atoms with Gasteiger partial charge in [-0.2, -0.15) is 0 Å². The van der Waals surface area contributed by atoms with Crippen molar-refractivity contribution in [3.05, 3.63) is 0 Å². The zero-order valence-electron chi connectivity index (χ0n) is 9.48. The first kappa shape index (κ1) is 12.0. The molecule has 0 aromatic carbocycles. The highest BCUT2D eigenvalue weighted by atomic mass is 16.6. The van der Waals surface area contributed by atoms with Gasteiger partial charge in [0, 0.05) is 45.9 Å². The summed E-state index contributed by atoms with van der Waals surface area (Å²) in [7, 11) is 0. The molecule has 0 aromatic heterocycles. The molecule has 0 radical (unpaired) electrons. The average Bonchev–Trinajstić information content (AvgIpc) is 2.25. The van der Waals surface area contributed by atoms with Gasteiger partial charge in [0.1, 0.15) is 6.61 Å². The molecule has 1 fully saturated rings. The molecular formula is C10H19N3O2. The predicted octanol–water partition coefficient (Wildman–Crippen LogP) is 0.173. The van der Waals surface area contributed by atoms with E-state index in [-0.39, 0.29) is 5.91 Å². The van der Waals surface area contributed by atoms with E-state index < -0.39 is 0 Å². The zero-order chi connectivity index (χ0) is 11.1. The molecule has 86 valence electrons. The maximum absolute atomic E-state index is 11.1. The number of oxime groups is 1. The lowest BCUT2D eigenvalue weighted by molar-refractivity contribution is -0.130. The molecule has 1 saturated heterocycles. The SMILES string of the molecule is C/C=N/OCCN1CCN(C(C)=O)CC1. The van der Waals surface area contributed by atoms with E-state index in [1.807, 2.05) is 11.8 Å². The van der Waals surface area contributed by atoms with E-state index in [9.17, 15) is 4.79 Å². The van der Waals surface area contributed by atoms with Gasteiger partial charge in [-0.15, -0.1) is 0 Å². The number of nitrogens with zero attached hydrogens (tertiary/aromatic N) is 3. The lowest BCUT2D eigenvalue weighted by atomic mass is 10.3. The van der Waals surface area contributed by atoms with Crippen molar-refractivity contribution in [3.63, 3.8) is 0 Å². The van der Waals surface area contributed by atoms with Gasteiger partial charge in [0.25, 0.3) is 0 Å². The quantitative estimate of drug-likeness (QED) is 0.380.